The average molecular weight is 390 g/mol. The van der Waals surface area contributed by atoms with Crippen molar-refractivity contribution < 1.29 is 14.7 Å². The van der Waals surface area contributed by atoms with E-state index in [1.807, 2.05) is 0 Å². The molecule has 0 aliphatic heterocycles. The Morgan fingerprint density at radius 1 is 1.19 bits per heavy atom. The molecule has 21 heavy (non-hydrogen) atoms. The summed E-state index contributed by atoms with van der Waals surface area (Å²) in [6.07, 6.45) is 2.87. The van der Waals surface area contributed by atoms with Crippen molar-refractivity contribution in [1.82, 2.24) is 4.98 Å². The van der Waals surface area contributed by atoms with Gasteiger partial charge in [-0.2, -0.15) is 0 Å². The second kappa shape index (κ2) is 6.43. The number of nitrogens with zero attached hydrogens (tertiary/aromatic N) is 1. The topological polar surface area (TPSA) is 79.3 Å². The van der Waals surface area contributed by atoms with E-state index in [1.54, 1.807) is 6.07 Å². The van der Waals surface area contributed by atoms with Gasteiger partial charge in [0.2, 0.25) is 0 Å². The first-order chi connectivity index (χ1) is 9.90. The number of carboxylic acid groups (broad SMARTS) is 1. The maximum atomic E-state index is 12.1. The maximum Gasteiger partial charge on any atom is 0.339 e. The minimum absolute atomic E-state index is 0.0189. The van der Waals surface area contributed by atoms with Crippen molar-refractivity contribution in [2.24, 2.45) is 0 Å². The number of carboxylic acids is 1. The lowest BCUT2D eigenvalue weighted by molar-refractivity contribution is 0.0698. The molecule has 2 N–H and O–H groups in total. The molecule has 0 radical (unpaired) electrons. The number of carbonyl (C=O) groups is 2. The fourth-order valence-corrected chi connectivity index (χ4v) is 2.41. The van der Waals surface area contributed by atoms with Crippen LogP contribution in [0.3, 0.4) is 0 Å². The highest BCUT2D eigenvalue weighted by atomic mass is 79.9. The van der Waals surface area contributed by atoms with Crippen LogP contribution >= 0.6 is 39.1 Å². The highest BCUT2D eigenvalue weighted by Crippen LogP contribution is 2.32. The van der Waals surface area contributed by atoms with Gasteiger partial charge in [-0.15, -0.1) is 0 Å². The summed E-state index contributed by atoms with van der Waals surface area (Å²) in [4.78, 5) is 27.3. The highest BCUT2D eigenvalue weighted by Gasteiger charge is 2.20. The number of aromatic nitrogens is 1. The number of aromatic carboxylic acids is 1. The van der Waals surface area contributed by atoms with Gasteiger partial charge >= 0.3 is 5.97 Å². The molecule has 0 saturated heterocycles. The molecule has 0 fully saturated rings. The Morgan fingerprint density at radius 3 is 2.48 bits per heavy atom. The molecule has 0 aliphatic rings. The number of nitrogens with one attached hydrogen (secondary N) is 1. The van der Waals surface area contributed by atoms with Gasteiger partial charge in [0.05, 0.1) is 21.3 Å². The summed E-state index contributed by atoms with van der Waals surface area (Å²) in [5.74, 6) is -1.83. The van der Waals surface area contributed by atoms with E-state index in [1.165, 1.54) is 24.5 Å². The molecule has 1 heterocycles. The molecular formula is C13H7BrCl2N2O3. The lowest BCUT2D eigenvalue weighted by Crippen LogP contribution is -2.16. The van der Waals surface area contributed by atoms with Gasteiger partial charge < -0.3 is 10.4 Å². The van der Waals surface area contributed by atoms with E-state index < -0.39 is 11.9 Å². The SMILES string of the molecule is O=C(Nc1c(Cl)ccc(Cl)c1C(=O)O)c1cncc(Br)c1. The Labute approximate surface area is 138 Å². The van der Waals surface area contributed by atoms with E-state index >= 15 is 0 Å². The second-order valence-electron chi connectivity index (χ2n) is 3.93. The predicted octanol–water partition coefficient (Wildman–Crippen LogP) is 4.10. The summed E-state index contributed by atoms with van der Waals surface area (Å²) < 4.78 is 0.616. The largest absolute Gasteiger partial charge is 0.478 e. The van der Waals surface area contributed by atoms with Crippen LogP contribution in [0.15, 0.2) is 35.1 Å². The van der Waals surface area contributed by atoms with Crippen molar-refractivity contribution >= 4 is 56.7 Å². The Hall–Kier alpha value is -1.63. The molecule has 8 heteroatoms. The van der Waals surface area contributed by atoms with Crippen LogP contribution in [0.25, 0.3) is 0 Å². The molecule has 1 aromatic heterocycles. The van der Waals surface area contributed by atoms with E-state index in [-0.39, 0.29) is 26.9 Å². The number of rotatable bonds is 3. The summed E-state index contributed by atoms with van der Waals surface area (Å²) in [5, 5.41) is 11.7. The molecule has 2 rings (SSSR count). The Morgan fingerprint density at radius 2 is 1.86 bits per heavy atom. The first-order valence-corrected chi connectivity index (χ1v) is 7.08. The molecule has 0 aliphatic carbocycles. The summed E-state index contributed by atoms with van der Waals surface area (Å²) in [5.41, 5.74) is -0.0705. The molecule has 1 aromatic carbocycles. The maximum absolute atomic E-state index is 12.1. The first kappa shape index (κ1) is 15.8. The van der Waals surface area contributed by atoms with Gasteiger partial charge in [0.15, 0.2) is 0 Å². The minimum atomic E-state index is -1.29. The van der Waals surface area contributed by atoms with Crippen LogP contribution < -0.4 is 5.32 Å². The summed E-state index contributed by atoms with van der Waals surface area (Å²) in [6, 6.07) is 4.30. The molecular weight excluding hydrogens is 383 g/mol. The van der Waals surface area contributed by atoms with Gasteiger partial charge in [0, 0.05) is 16.9 Å². The molecule has 108 valence electrons. The smallest absolute Gasteiger partial charge is 0.339 e. The van der Waals surface area contributed by atoms with Crippen LogP contribution in [-0.4, -0.2) is 22.0 Å². The van der Waals surface area contributed by atoms with Crippen LogP contribution in [0.4, 0.5) is 5.69 Å². The third kappa shape index (κ3) is 3.53. The number of carbonyl (C=O) groups excluding carboxylic acids is 1. The number of hydrogen-bond donors (Lipinski definition) is 2. The predicted molar refractivity (Wildman–Crippen MR) is 83.3 cm³/mol. The van der Waals surface area contributed by atoms with E-state index in [4.69, 9.17) is 23.2 Å². The van der Waals surface area contributed by atoms with Crippen molar-refractivity contribution in [3.63, 3.8) is 0 Å². The molecule has 0 atom stereocenters. The average Bonchev–Trinajstić information content (AvgIpc) is 2.42. The van der Waals surface area contributed by atoms with Crippen LogP contribution in [0.1, 0.15) is 20.7 Å². The Kier molecular flexibility index (Phi) is 4.82. The fraction of sp³-hybridized carbons (Fsp3) is 0. The number of halogens is 3. The van der Waals surface area contributed by atoms with E-state index in [0.717, 1.165) is 0 Å². The van der Waals surface area contributed by atoms with Crippen molar-refractivity contribution in [3.05, 3.63) is 56.2 Å². The van der Waals surface area contributed by atoms with Crippen molar-refractivity contribution in [2.75, 3.05) is 5.32 Å². The summed E-state index contributed by atoms with van der Waals surface area (Å²) in [7, 11) is 0. The van der Waals surface area contributed by atoms with Crippen molar-refractivity contribution in [3.8, 4) is 0 Å². The van der Waals surface area contributed by atoms with Gasteiger partial charge in [-0.25, -0.2) is 4.79 Å². The summed E-state index contributed by atoms with van der Waals surface area (Å²) >= 11 is 15.0. The molecule has 2 aromatic rings. The molecule has 0 spiro atoms. The number of hydrogen-bond acceptors (Lipinski definition) is 3. The van der Waals surface area contributed by atoms with Gasteiger partial charge in [-0.05, 0) is 34.1 Å². The zero-order valence-corrected chi connectivity index (χ0v) is 13.3. The van der Waals surface area contributed by atoms with Crippen LogP contribution in [-0.2, 0) is 0 Å². The normalized spacial score (nSPS) is 10.2. The van der Waals surface area contributed by atoms with Gasteiger partial charge in [-0.1, -0.05) is 23.2 Å². The molecule has 1 amide bonds. The quantitative estimate of drug-likeness (QED) is 0.828. The van der Waals surface area contributed by atoms with Gasteiger partial charge in [0.25, 0.3) is 5.91 Å². The zero-order chi connectivity index (χ0) is 15.6. The lowest BCUT2D eigenvalue weighted by atomic mass is 10.1. The van der Waals surface area contributed by atoms with Gasteiger partial charge in [-0.3, -0.25) is 9.78 Å². The Balaban J connectivity index is 2.42. The van der Waals surface area contributed by atoms with E-state index in [0.29, 0.717) is 4.47 Å². The monoisotopic (exact) mass is 388 g/mol. The highest BCUT2D eigenvalue weighted by molar-refractivity contribution is 9.10. The van der Waals surface area contributed by atoms with Crippen molar-refractivity contribution in [2.45, 2.75) is 0 Å². The van der Waals surface area contributed by atoms with Crippen molar-refractivity contribution in [1.29, 1.82) is 0 Å². The third-order valence-electron chi connectivity index (χ3n) is 2.52. The number of benzene rings is 1. The van der Waals surface area contributed by atoms with Crippen LogP contribution in [0.2, 0.25) is 10.0 Å². The standard InChI is InChI=1S/C13H7BrCl2N2O3/c14-7-3-6(4-17-5-7)12(19)18-11-9(16)2-1-8(15)10(11)13(20)21/h1-5H,(H,18,19)(H,20,21). The number of amides is 1. The number of anilines is 1. The van der Waals surface area contributed by atoms with Crippen LogP contribution in [0, 0.1) is 0 Å². The first-order valence-electron chi connectivity index (χ1n) is 5.53. The molecule has 0 saturated carbocycles. The second-order valence-corrected chi connectivity index (χ2v) is 5.66. The van der Waals surface area contributed by atoms with E-state index in [2.05, 4.69) is 26.2 Å². The molecule has 5 nitrogen and oxygen atoms in total. The Bertz CT molecular complexity index is 737. The van der Waals surface area contributed by atoms with Crippen LogP contribution in [0.5, 0.6) is 0 Å². The van der Waals surface area contributed by atoms with E-state index in [9.17, 15) is 14.7 Å². The summed E-state index contributed by atoms with van der Waals surface area (Å²) in [6.45, 7) is 0. The third-order valence-corrected chi connectivity index (χ3v) is 3.59. The molecule has 0 bridgehead atoms. The number of pyridine rings is 1. The lowest BCUT2D eigenvalue weighted by Gasteiger charge is -2.11. The molecule has 0 unspecified atom stereocenters. The van der Waals surface area contributed by atoms with Gasteiger partial charge in [0.1, 0.15) is 5.56 Å². The minimum Gasteiger partial charge on any atom is -0.478 e. The fourth-order valence-electron chi connectivity index (χ4n) is 1.60. The zero-order valence-electron chi connectivity index (χ0n) is 10.2.